The maximum absolute atomic E-state index is 12.4. The number of carbonyl (C=O) groups is 1. The van der Waals surface area contributed by atoms with E-state index in [2.05, 4.69) is 17.1 Å². The lowest BCUT2D eigenvalue weighted by Gasteiger charge is -2.36. The highest BCUT2D eigenvalue weighted by atomic mass is 16.5. The summed E-state index contributed by atoms with van der Waals surface area (Å²) in [6.07, 6.45) is 4.84. The van der Waals surface area contributed by atoms with Crippen molar-refractivity contribution >= 4 is 5.97 Å². The minimum Gasteiger partial charge on any atom is -0.465 e. The van der Waals surface area contributed by atoms with E-state index in [0.717, 1.165) is 25.9 Å². The molecular formula is C14H26N2O2. The summed E-state index contributed by atoms with van der Waals surface area (Å²) >= 11 is 0. The van der Waals surface area contributed by atoms with Gasteiger partial charge < -0.3 is 10.1 Å². The third-order valence-corrected chi connectivity index (χ3v) is 4.28. The Balaban J connectivity index is 2.09. The third kappa shape index (κ3) is 2.69. The van der Waals surface area contributed by atoms with E-state index >= 15 is 0 Å². The van der Waals surface area contributed by atoms with Crippen molar-refractivity contribution in [2.45, 2.75) is 51.1 Å². The van der Waals surface area contributed by atoms with Gasteiger partial charge in [0.1, 0.15) is 5.54 Å². The molecule has 4 heteroatoms. The smallest absolute Gasteiger partial charge is 0.327 e. The van der Waals surface area contributed by atoms with Crippen molar-refractivity contribution in [1.82, 2.24) is 10.2 Å². The Morgan fingerprint density at radius 3 is 2.39 bits per heavy atom. The van der Waals surface area contributed by atoms with Crippen LogP contribution in [0.5, 0.6) is 0 Å². The lowest BCUT2D eigenvalue weighted by molar-refractivity contribution is -0.153. The number of carbonyl (C=O) groups excluding carboxylic acids is 1. The first-order valence-electron chi connectivity index (χ1n) is 7.28. The van der Waals surface area contributed by atoms with E-state index in [1.165, 1.54) is 12.8 Å². The molecule has 0 aromatic rings. The van der Waals surface area contributed by atoms with E-state index in [-0.39, 0.29) is 5.97 Å². The highest BCUT2D eigenvalue weighted by Crippen LogP contribution is 2.42. The number of likely N-dealkylation sites (N-methyl/N-ethyl adjacent to an activating group) is 2. The molecule has 0 aliphatic heterocycles. The molecule has 1 unspecified atom stereocenters. The standard InChI is InChI=1S/C14H26N2O2/c1-4-16(12-8-9-12)10-14(15-3,11-6-7-11)13(17)18-5-2/h11-12,15H,4-10H2,1-3H3. The van der Waals surface area contributed by atoms with E-state index in [0.29, 0.717) is 18.6 Å². The molecule has 2 saturated carbocycles. The number of ether oxygens (including phenoxy) is 1. The average Bonchev–Trinajstić information content (AvgIpc) is 3.22. The van der Waals surface area contributed by atoms with Crippen LogP contribution in [0.3, 0.4) is 0 Å². The highest BCUT2D eigenvalue weighted by molar-refractivity contribution is 5.82. The molecule has 2 aliphatic carbocycles. The van der Waals surface area contributed by atoms with Gasteiger partial charge in [-0.1, -0.05) is 6.92 Å². The van der Waals surface area contributed by atoms with Gasteiger partial charge in [-0.2, -0.15) is 0 Å². The predicted octanol–water partition coefficient (Wildman–Crippen LogP) is 1.40. The highest BCUT2D eigenvalue weighted by Gasteiger charge is 2.52. The van der Waals surface area contributed by atoms with Gasteiger partial charge in [0.05, 0.1) is 6.61 Å². The van der Waals surface area contributed by atoms with Gasteiger partial charge in [-0.05, 0) is 52.1 Å². The van der Waals surface area contributed by atoms with Crippen LogP contribution in [0.1, 0.15) is 39.5 Å². The second kappa shape index (κ2) is 5.57. The molecule has 0 radical (unpaired) electrons. The fourth-order valence-electron chi connectivity index (χ4n) is 2.84. The molecule has 18 heavy (non-hydrogen) atoms. The van der Waals surface area contributed by atoms with Crippen LogP contribution in [0.15, 0.2) is 0 Å². The largest absolute Gasteiger partial charge is 0.465 e. The lowest BCUT2D eigenvalue weighted by Crippen LogP contribution is -2.60. The Kier molecular flexibility index (Phi) is 4.28. The van der Waals surface area contributed by atoms with Crippen molar-refractivity contribution in [3.8, 4) is 0 Å². The zero-order valence-corrected chi connectivity index (χ0v) is 11.9. The van der Waals surface area contributed by atoms with Crippen molar-refractivity contribution in [1.29, 1.82) is 0 Å². The van der Waals surface area contributed by atoms with Crippen molar-refractivity contribution in [2.75, 3.05) is 26.7 Å². The summed E-state index contributed by atoms with van der Waals surface area (Å²) in [4.78, 5) is 14.8. The number of rotatable bonds is 8. The lowest BCUT2D eigenvalue weighted by atomic mass is 9.92. The van der Waals surface area contributed by atoms with E-state index < -0.39 is 5.54 Å². The monoisotopic (exact) mass is 254 g/mol. The molecule has 0 aromatic carbocycles. The summed E-state index contributed by atoms with van der Waals surface area (Å²) in [7, 11) is 1.90. The van der Waals surface area contributed by atoms with Gasteiger partial charge in [-0.3, -0.25) is 4.90 Å². The molecule has 2 fully saturated rings. The van der Waals surface area contributed by atoms with Gasteiger partial charge in [0.15, 0.2) is 0 Å². The van der Waals surface area contributed by atoms with Crippen LogP contribution in [-0.2, 0) is 9.53 Å². The summed E-state index contributed by atoms with van der Waals surface area (Å²) in [6, 6.07) is 0.691. The zero-order valence-electron chi connectivity index (χ0n) is 11.9. The maximum atomic E-state index is 12.4. The molecule has 0 aromatic heterocycles. The van der Waals surface area contributed by atoms with Gasteiger partial charge >= 0.3 is 5.97 Å². The van der Waals surface area contributed by atoms with Crippen LogP contribution in [0.25, 0.3) is 0 Å². The number of nitrogens with zero attached hydrogens (tertiary/aromatic N) is 1. The molecule has 0 heterocycles. The van der Waals surface area contributed by atoms with Crippen LogP contribution in [0, 0.1) is 5.92 Å². The first-order chi connectivity index (χ1) is 8.67. The van der Waals surface area contributed by atoms with Crippen molar-refractivity contribution in [2.24, 2.45) is 5.92 Å². The average molecular weight is 254 g/mol. The van der Waals surface area contributed by atoms with E-state index in [1.54, 1.807) is 0 Å². The van der Waals surface area contributed by atoms with Gasteiger partial charge in [0, 0.05) is 12.6 Å². The molecule has 0 bridgehead atoms. The Labute approximate surface area is 110 Å². The summed E-state index contributed by atoms with van der Waals surface area (Å²) < 4.78 is 5.32. The molecule has 0 saturated heterocycles. The van der Waals surface area contributed by atoms with Crippen LogP contribution in [-0.4, -0.2) is 49.2 Å². The Morgan fingerprint density at radius 1 is 1.33 bits per heavy atom. The predicted molar refractivity (Wildman–Crippen MR) is 71.4 cm³/mol. The number of hydrogen-bond donors (Lipinski definition) is 1. The fourth-order valence-corrected chi connectivity index (χ4v) is 2.84. The van der Waals surface area contributed by atoms with E-state index in [1.807, 2.05) is 14.0 Å². The zero-order chi connectivity index (χ0) is 13.2. The summed E-state index contributed by atoms with van der Waals surface area (Å²) in [5.41, 5.74) is -0.478. The summed E-state index contributed by atoms with van der Waals surface area (Å²) in [5.74, 6) is 0.392. The molecule has 4 nitrogen and oxygen atoms in total. The quantitative estimate of drug-likeness (QED) is 0.665. The molecule has 104 valence electrons. The molecular weight excluding hydrogens is 228 g/mol. The van der Waals surface area contributed by atoms with E-state index in [9.17, 15) is 4.79 Å². The van der Waals surface area contributed by atoms with Gasteiger partial charge in [-0.15, -0.1) is 0 Å². The first-order valence-corrected chi connectivity index (χ1v) is 7.28. The SMILES string of the molecule is CCOC(=O)C(CN(CC)C1CC1)(NC)C1CC1. The normalized spacial score (nSPS) is 22.9. The number of hydrogen-bond acceptors (Lipinski definition) is 4. The minimum absolute atomic E-state index is 0.0610. The van der Waals surface area contributed by atoms with Crippen LogP contribution < -0.4 is 5.32 Å². The van der Waals surface area contributed by atoms with Crippen LogP contribution in [0.4, 0.5) is 0 Å². The second-order valence-electron chi connectivity index (χ2n) is 5.51. The number of esters is 1. The van der Waals surface area contributed by atoms with Gasteiger partial charge in [0.2, 0.25) is 0 Å². The molecule has 1 N–H and O–H groups in total. The van der Waals surface area contributed by atoms with Gasteiger partial charge in [0.25, 0.3) is 0 Å². The Morgan fingerprint density at radius 2 is 2.00 bits per heavy atom. The Bertz CT molecular complexity index is 300. The topological polar surface area (TPSA) is 41.6 Å². The third-order valence-electron chi connectivity index (χ3n) is 4.28. The minimum atomic E-state index is -0.478. The van der Waals surface area contributed by atoms with Crippen molar-refractivity contribution in [3.63, 3.8) is 0 Å². The summed E-state index contributed by atoms with van der Waals surface area (Å²) in [6.45, 7) is 6.33. The second-order valence-corrected chi connectivity index (χ2v) is 5.51. The summed E-state index contributed by atoms with van der Waals surface area (Å²) in [5, 5.41) is 3.29. The van der Waals surface area contributed by atoms with E-state index in [4.69, 9.17) is 4.74 Å². The molecule has 2 aliphatic rings. The molecule has 0 amide bonds. The van der Waals surface area contributed by atoms with Gasteiger partial charge in [-0.25, -0.2) is 4.79 Å². The molecule has 2 rings (SSSR count). The first kappa shape index (κ1) is 13.8. The number of nitrogens with one attached hydrogen (secondary N) is 1. The van der Waals surface area contributed by atoms with Crippen molar-refractivity contribution < 1.29 is 9.53 Å². The van der Waals surface area contributed by atoms with Crippen molar-refractivity contribution in [3.05, 3.63) is 0 Å². The van der Waals surface area contributed by atoms with Crippen LogP contribution in [0.2, 0.25) is 0 Å². The van der Waals surface area contributed by atoms with Crippen LogP contribution >= 0.6 is 0 Å². The Hall–Kier alpha value is -0.610. The molecule has 0 spiro atoms. The maximum Gasteiger partial charge on any atom is 0.327 e. The molecule has 1 atom stereocenters. The fraction of sp³-hybridized carbons (Fsp3) is 0.929.